The van der Waals surface area contributed by atoms with Gasteiger partial charge in [0.2, 0.25) is 5.91 Å². The maximum absolute atomic E-state index is 13.3. The number of rotatable bonds is 6. The number of nitrogens with zero attached hydrogens (tertiary/aromatic N) is 3. The van der Waals surface area contributed by atoms with Gasteiger partial charge in [0.25, 0.3) is 0 Å². The summed E-state index contributed by atoms with van der Waals surface area (Å²) in [6.45, 7) is 5.09. The lowest BCUT2D eigenvalue weighted by molar-refractivity contribution is -0.119. The molecule has 0 spiro atoms. The third-order valence-corrected chi connectivity index (χ3v) is 6.08. The molecular formula is C24H35F3N4O2S. The van der Waals surface area contributed by atoms with Crippen molar-refractivity contribution in [1.82, 2.24) is 4.98 Å². The molecule has 1 atom stereocenters. The number of hydrogen-bond acceptors (Lipinski definition) is 5. The normalized spacial score (nSPS) is 20.8. The van der Waals surface area contributed by atoms with Crippen LogP contribution in [-0.2, 0) is 4.79 Å². The lowest BCUT2D eigenvalue weighted by atomic mass is 9.82. The number of amides is 1. The number of likely N-dealkylation sites (N-methyl/N-ethyl adjacent to an activating group) is 2. The van der Waals surface area contributed by atoms with Gasteiger partial charge in [-0.2, -0.15) is 13.5 Å². The van der Waals surface area contributed by atoms with E-state index in [1.165, 1.54) is 0 Å². The van der Waals surface area contributed by atoms with Gasteiger partial charge in [-0.25, -0.2) is 18.2 Å². The monoisotopic (exact) mass is 500 g/mol. The first kappa shape index (κ1) is 29.4. The summed E-state index contributed by atoms with van der Waals surface area (Å²) in [5.41, 5.74) is 1.75. The van der Waals surface area contributed by atoms with E-state index in [1.54, 1.807) is 11.1 Å². The van der Waals surface area contributed by atoms with Crippen molar-refractivity contribution < 1.29 is 22.7 Å². The van der Waals surface area contributed by atoms with Crippen LogP contribution >= 0.6 is 13.5 Å². The van der Waals surface area contributed by atoms with Crippen molar-refractivity contribution in [2.45, 2.75) is 53.7 Å². The van der Waals surface area contributed by atoms with Crippen LogP contribution in [-0.4, -0.2) is 43.2 Å². The van der Waals surface area contributed by atoms with E-state index in [4.69, 9.17) is 4.74 Å². The molecular weight excluding hydrogens is 465 g/mol. The lowest BCUT2D eigenvalue weighted by Gasteiger charge is -2.39. The van der Waals surface area contributed by atoms with Crippen LogP contribution in [0.2, 0.25) is 0 Å². The number of carbonyl (C=O) groups excluding carboxylic acids is 1. The molecule has 2 aromatic rings. The summed E-state index contributed by atoms with van der Waals surface area (Å²) >= 11 is 0. The third kappa shape index (κ3) is 5.54. The van der Waals surface area contributed by atoms with Gasteiger partial charge < -0.3 is 19.9 Å². The molecule has 190 valence electrons. The fraction of sp³-hybridized carbons (Fsp3) is 0.500. The highest BCUT2D eigenvalue weighted by Gasteiger charge is 2.34. The zero-order chi connectivity index (χ0) is 22.3. The van der Waals surface area contributed by atoms with E-state index in [1.807, 2.05) is 31.9 Å². The fourth-order valence-electron chi connectivity index (χ4n) is 4.05. The van der Waals surface area contributed by atoms with Gasteiger partial charge in [-0.1, -0.05) is 14.9 Å². The Bertz CT molecular complexity index is 981. The highest BCUT2D eigenvalue weighted by atomic mass is 32.1. The van der Waals surface area contributed by atoms with Crippen LogP contribution in [0.5, 0.6) is 5.75 Å². The second-order valence-electron chi connectivity index (χ2n) is 8.09. The molecule has 4 rings (SSSR count). The van der Waals surface area contributed by atoms with Crippen molar-refractivity contribution in [1.29, 1.82) is 0 Å². The summed E-state index contributed by atoms with van der Waals surface area (Å²) in [4.78, 5) is 20.6. The number of halogens is 3. The molecule has 6 nitrogen and oxygen atoms in total. The lowest BCUT2D eigenvalue weighted by Crippen LogP contribution is -2.50. The summed E-state index contributed by atoms with van der Waals surface area (Å²) < 4.78 is 45.2. The molecule has 10 heteroatoms. The Balaban J connectivity index is 0.00000193. The zero-order valence-corrected chi connectivity index (χ0v) is 19.2. The highest BCUT2D eigenvalue weighted by Crippen LogP contribution is 2.37. The molecule has 1 saturated carbocycles. The molecule has 2 aliphatic rings. The number of hydrogen-bond donors (Lipinski definition) is 1. The summed E-state index contributed by atoms with van der Waals surface area (Å²) in [6.07, 6.45) is 2.98. The second-order valence-corrected chi connectivity index (χ2v) is 8.09. The van der Waals surface area contributed by atoms with E-state index in [2.05, 4.69) is 10.3 Å². The molecule has 0 saturated heterocycles. The number of ether oxygens (including phenoxy) is 1. The Kier molecular flexibility index (Phi) is 10.1. The average molecular weight is 501 g/mol. The van der Waals surface area contributed by atoms with Crippen molar-refractivity contribution in [2.24, 2.45) is 5.92 Å². The van der Waals surface area contributed by atoms with Crippen molar-refractivity contribution in [3.05, 3.63) is 41.8 Å². The van der Waals surface area contributed by atoms with E-state index in [0.717, 1.165) is 29.3 Å². The van der Waals surface area contributed by atoms with E-state index in [-0.39, 0.29) is 52.2 Å². The van der Waals surface area contributed by atoms with Crippen molar-refractivity contribution in [3.63, 3.8) is 0 Å². The molecule has 0 radical (unpaired) electrons. The van der Waals surface area contributed by atoms with E-state index in [0.29, 0.717) is 31.8 Å². The standard InChI is InChI=1S/C22H25F3N4O2.2CH4.H2S/c1-4-29-19-11-27-20(9-18(19)28(3)12(2)22(29)30)26-10-13-5-14(6-13)31-15-7-16(23)21(25)17(24)8-15;;;/h7-9,11-14H,4-6,10H2,1-3H3,(H,26,27);2*1H4;1H2/t12-,13?,14?;;;/m0.../s1. The number of aromatic nitrogens is 1. The quantitative estimate of drug-likeness (QED) is 0.543. The molecule has 1 amide bonds. The topological polar surface area (TPSA) is 57.7 Å². The van der Waals surface area contributed by atoms with Crippen LogP contribution in [0, 0.1) is 23.4 Å². The predicted molar refractivity (Wildman–Crippen MR) is 136 cm³/mol. The van der Waals surface area contributed by atoms with Crippen LogP contribution in [0.25, 0.3) is 0 Å². The first-order valence-electron chi connectivity index (χ1n) is 10.4. The summed E-state index contributed by atoms with van der Waals surface area (Å²) in [7, 11) is 1.90. The Morgan fingerprint density at radius 2 is 1.74 bits per heavy atom. The third-order valence-electron chi connectivity index (χ3n) is 6.08. The number of benzene rings is 1. The molecule has 2 heterocycles. The minimum Gasteiger partial charge on any atom is -0.490 e. The van der Waals surface area contributed by atoms with Crippen LogP contribution in [0.4, 0.5) is 30.4 Å². The Morgan fingerprint density at radius 1 is 1.12 bits per heavy atom. The minimum absolute atomic E-state index is 0. The Hall–Kier alpha value is -2.62. The van der Waals surface area contributed by atoms with E-state index < -0.39 is 17.5 Å². The van der Waals surface area contributed by atoms with Gasteiger partial charge in [-0.15, -0.1) is 0 Å². The highest BCUT2D eigenvalue weighted by molar-refractivity contribution is 7.59. The van der Waals surface area contributed by atoms with Crippen LogP contribution < -0.4 is 19.9 Å². The van der Waals surface area contributed by atoms with Gasteiger partial charge in [0, 0.05) is 38.3 Å². The number of pyridine rings is 1. The minimum atomic E-state index is -1.49. The van der Waals surface area contributed by atoms with Gasteiger partial charge in [-0.05, 0) is 32.6 Å². The maximum atomic E-state index is 13.3. The van der Waals surface area contributed by atoms with Crippen molar-refractivity contribution in [3.8, 4) is 5.75 Å². The maximum Gasteiger partial charge on any atom is 0.249 e. The number of fused-ring (bicyclic) bond motifs is 1. The first-order chi connectivity index (χ1) is 14.8. The van der Waals surface area contributed by atoms with Crippen LogP contribution in [0.3, 0.4) is 0 Å². The second kappa shape index (κ2) is 11.7. The Morgan fingerprint density at radius 3 is 2.32 bits per heavy atom. The Labute approximate surface area is 206 Å². The van der Waals surface area contributed by atoms with Gasteiger partial charge >= 0.3 is 0 Å². The van der Waals surface area contributed by atoms with Gasteiger partial charge in [0.05, 0.1) is 23.7 Å². The van der Waals surface area contributed by atoms with Crippen LogP contribution in [0.15, 0.2) is 24.4 Å². The first-order valence-corrected chi connectivity index (χ1v) is 10.4. The number of anilines is 3. The molecule has 34 heavy (non-hydrogen) atoms. The SMILES string of the molecule is C.C.CCN1C(=O)[C@H](C)N(C)c2cc(NCC3CC(Oc4cc(F)c(F)c(F)c4)C3)ncc21.S. The molecule has 1 aliphatic carbocycles. The largest absolute Gasteiger partial charge is 0.490 e. The van der Waals surface area contributed by atoms with E-state index in [9.17, 15) is 18.0 Å². The van der Waals surface area contributed by atoms with Gasteiger partial charge in [-0.3, -0.25) is 4.79 Å². The summed E-state index contributed by atoms with van der Waals surface area (Å²) in [5, 5.41) is 3.32. The zero-order valence-electron chi connectivity index (χ0n) is 18.2. The summed E-state index contributed by atoms with van der Waals surface area (Å²) in [5.74, 6) is -2.91. The molecule has 1 aliphatic heterocycles. The van der Waals surface area contributed by atoms with Gasteiger partial charge in [0.1, 0.15) is 17.6 Å². The molecule has 0 unspecified atom stereocenters. The smallest absolute Gasteiger partial charge is 0.249 e. The number of nitrogens with one attached hydrogen (secondary N) is 1. The van der Waals surface area contributed by atoms with E-state index >= 15 is 0 Å². The van der Waals surface area contributed by atoms with Gasteiger partial charge in [0.15, 0.2) is 17.5 Å². The molecule has 1 aromatic heterocycles. The molecule has 0 bridgehead atoms. The number of carbonyl (C=O) groups is 1. The summed E-state index contributed by atoms with van der Waals surface area (Å²) in [6, 6.07) is 3.43. The molecule has 1 N–H and O–H groups in total. The molecule has 1 fully saturated rings. The van der Waals surface area contributed by atoms with Crippen LogP contribution in [0.1, 0.15) is 41.5 Å². The average Bonchev–Trinajstić information content (AvgIpc) is 2.72. The molecule has 1 aromatic carbocycles. The fourth-order valence-corrected chi connectivity index (χ4v) is 4.05. The van der Waals surface area contributed by atoms with Crippen molar-refractivity contribution >= 4 is 36.6 Å². The predicted octanol–water partition coefficient (Wildman–Crippen LogP) is 5.34. The van der Waals surface area contributed by atoms with Crippen molar-refractivity contribution in [2.75, 3.05) is 35.3 Å².